The molecular formula is C22H24O7. The summed E-state index contributed by atoms with van der Waals surface area (Å²) in [6.45, 7) is 7.46. The second-order valence-electron chi connectivity index (χ2n) is 5.85. The lowest BCUT2D eigenvalue weighted by Crippen LogP contribution is -2.08. The summed E-state index contributed by atoms with van der Waals surface area (Å²) in [7, 11) is 4.53. The standard InChI is InChI=1S/C22H24O7/c1-6-15-11-18(26-4)20(27-5)21(29-13-28-12-25-3)19(15)17-9-7-8-16(10-17)14(2)22(23)24/h6-11H,1-2,12-13H2,3-5H3,(H,23,24). The fraction of sp³-hybridized carbons (Fsp3) is 0.227. The van der Waals surface area contributed by atoms with Gasteiger partial charge in [0, 0.05) is 12.7 Å². The van der Waals surface area contributed by atoms with Gasteiger partial charge in [0.1, 0.15) is 6.79 Å². The van der Waals surface area contributed by atoms with Crippen molar-refractivity contribution in [1.82, 2.24) is 0 Å². The molecule has 0 aromatic heterocycles. The van der Waals surface area contributed by atoms with Gasteiger partial charge < -0.3 is 28.8 Å². The monoisotopic (exact) mass is 400 g/mol. The van der Waals surface area contributed by atoms with E-state index in [2.05, 4.69) is 13.2 Å². The van der Waals surface area contributed by atoms with Gasteiger partial charge in [-0.05, 0) is 28.8 Å². The number of aliphatic carboxylic acids is 1. The van der Waals surface area contributed by atoms with E-state index >= 15 is 0 Å². The molecule has 2 aromatic carbocycles. The van der Waals surface area contributed by atoms with Crippen LogP contribution in [0.2, 0.25) is 0 Å². The molecule has 2 aromatic rings. The van der Waals surface area contributed by atoms with Crippen LogP contribution in [0.15, 0.2) is 43.5 Å². The van der Waals surface area contributed by atoms with Crippen LogP contribution in [-0.2, 0) is 14.3 Å². The fourth-order valence-corrected chi connectivity index (χ4v) is 2.78. The number of carboxylic acids is 1. The molecule has 7 heteroatoms. The predicted octanol–water partition coefficient (Wildman–Crippen LogP) is 4.07. The van der Waals surface area contributed by atoms with Crippen molar-refractivity contribution in [2.75, 3.05) is 34.9 Å². The molecule has 29 heavy (non-hydrogen) atoms. The normalized spacial score (nSPS) is 10.3. The van der Waals surface area contributed by atoms with Crippen molar-refractivity contribution in [2.45, 2.75) is 0 Å². The van der Waals surface area contributed by atoms with Gasteiger partial charge in [0.25, 0.3) is 0 Å². The van der Waals surface area contributed by atoms with Gasteiger partial charge in [-0.3, -0.25) is 0 Å². The second kappa shape index (κ2) is 10.3. The molecule has 7 nitrogen and oxygen atoms in total. The van der Waals surface area contributed by atoms with Crippen LogP contribution in [0.3, 0.4) is 0 Å². The zero-order valence-corrected chi connectivity index (χ0v) is 16.7. The highest BCUT2D eigenvalue weighted by atomic mass is 16.7. The van der Waals surface area contributed by atoms with Gasteiger partial charge in [-0.25, -0.2) is 4.79 Å². The second-order valence-corrected chi connectivity index (χ2v) is 5.85. The van der Waals surface area contributed by atoms with Crippen molar-refractivity contribution in [3.05, 3.63) is 54.6 Å². The molecule has 0 unspecified atom stereocenters. The lowest BCUT2D eigenvalue weighted by Gasteiger charge is -2.20. The first-order valence-corrected chi connectivity index (χ1v) is 8.62. The quantitative estimate of drug-likeness (QED) is 0.346. The van der Waals surface area contributed by atoms with E-state index in [0.717, 1.165) is 0 Å². The molecule has 0 aliphatic rings. The molecular weight excluding hydrogens is 376 g/mol. The average molecular weight is 400 g/mol. The number of rotatable bonds is 11. The van der Waals surface area contributed by atoms with Crippen LogP contribution >= 0.6 is 0 Å². The average Bonchev–Trinajstić information content (AvgIpc) is 2.74. The number of hydrogen-bond acceptors (Lipinski definition) is 6. The smallest absolute Gasteiger partial charge is 0.335 e. The van der Waals surface area contributed by atoms with E-state index in [1.165, 1.54) is 21.3 Å². The SMILES string of the molecule is C=Cc1cc(OC)c(OC)c(OCOCOC)c1-c1cccc(C(=C)C(=O)O)c1. The van der Waals surface area contributed by atoms with E-state index in [9.17, 15) is 9.90 Å². The van der Waals surface area contributed by atoms with Gasteiger partial charge in [-0.1, -0.05) is 37.4 Å². The lowest BCUT2D eigenvalue weighted by molar-refractivity contribution is -0.130. The minimum atomic E-state index is -1.09. The Bertz CT molecular complexity index is 902. The Kier molecular flexibility index (Phi) is 7.82. The first-order chi connectivity index (χ1) is 14.0. The number of ether oxygens (including phenoxy) is 5. The molecule has 0 atom stereocenters. The van der Waals surface area contributed by atoms with Crippen LogP contribution in [-0.4, -0.2) is 46.0 Å². The molecule has 1 N–H and O–H groups in total. The molecule has 0 bridgehead atoms. The van der Waals surface area contributed by atoms with Crippen molar-refractivity contribution >= 4 is 17.6 Å². The minimum Gasteiger partial charge on any atom is -0.493 e. The van der Waals surface area contributed by atoms with Crippen LogP contribution in [0, 0.1) is 0 Å². The summed E-state index contributed by atoms with van der Waals surface area (Å²) in [6.07, 6.45) is 1.65. The van der Waals surface area contributed by atoms with E-state index in [-0.39, 0.29) is 19.2 Å². The molecule has 0 aliphatic carbocycles. The maximum Gasteiger partial charge on any atom is 0.335 e. The van der Waals surface area contributed by atoms with Crippen LogP contribution < -0.4 is 14.2 Å². The molecule has 0 spiro atoms. The van der Waals surface area contributed by atoms with Gasteiger partial charge in [0.05, 0.1) is 19.8 Å². The van der Waals surface area contributed by atoms with Crippen molar-refractivity contribution in [2.24, 2.45) is 0 Å². The number of methoxy groups -OCH3 is 3. The summed E-state index contributed by atoms with van der Waals surface area (Å²) >= 11 is 0. The highest BCUT2D eigenvalue weighted by Crippen LogP contribution is 2.47. The van der Waals surface area contributed by atoms with E-state index in [0.29, 0.717) is 39.5 Å². The molecule has 0 saturated carbocycles. The van der Waals surface area contributed by atoms with Crippen molar-refractivity contribution in [3.63, 3.8) is 0 Å². The third-order valence-electron chi connectivity index (χ3n) is 4.12. The van der Waals surface area contributed by atoms with Crippen LogP contribution in [0.1, 0.15) is 11.1 Å². The molecule has 0 aliphatic heterocycles. The Morgan fingerprint density at radius 2 is 1.86 bits per heavy atom. The Labute approximate surface area is 169 Å². The van der Waals surface area contributed by atoms with Gasteiger partial charge in [0.2, 0.25) is 5.75 Å². The van der Waals surface area contributed by atoms with E-state index < -0.39 is 5.97 Å². The molecule has 0 saturated heterocycles. The Morgan fingerprint density at radius 1 is 1.10 bits per heavy atom. The van der Waals surface area contributed by atoms with Crippen molar-refractivity contribution < 1.29 is 33.6 Å². The van der Waals surface area contributed by atoms with Gasteiger partial charge in [-0.2, -0.15) is 0 Å². The van der Waals surface area contributed by atoms with Crippen molar-refractivity contribution in [3.8, 4) is 28.4 Å². The highest BCUT2D eigenvalue weighted by molar-refractivity contribution is 6.14. The first-order valence-electron chi connectivity index (χ1n) is 8.62. The molecule has 2 rings (SSSR count). The largest absolute Gasteiger partial charge is 0.493 e. The third-order valence-corrected chi connectivity index (χ3v) is 4.12. The first kappa shape index (κ1) is 22.0. The summed E-state index contributed by atoms with van der Waals surface area (Å²) in [6, 6.07) is 8.73. The summed E-state index contributed by atoms with van der Waals surface area (Å²) in [4.78, 5) is 11.3. The van der Waals surface area contributed by atoms with Gasteiger partial charge in [0.15, 0.2) is 18.3 Å². The van der Waals surface area contributed by atoms with Gasteiger partial charge in [-0.15, -0.1) is 0 Å². The van der Waals surface area contributed by atoms with Crippen molar-refractivity contribution in [1.29, 1.82) is 0 Å². The lowest BCUT2D eigenvalue weighted by atomic mass is 9.94. The van der Waals surface area contributed by atoms with E-state index in [1.54, 1.807) is 30.3 Å². The van der Waals surface area contributed by atoms with Crippen LogP contribution in [0.4, 0.5) is 0 Å². The highest BCUT2D eigenvalue weighted by Gasteiger charge is 2.22. The maximum atomic E-state index is 11.3. The van der Waals surface area contributed by atoms with Crippen LogP contribution in [0.5, 0.6) is 17.2 Å². The Balaban J connectivity index is 2.68. The summed E-state index contributed by atoms with van der Waals surface area (Å²) in [5.74, 6) is 0.106. The van der Waals surface area contributed by atoms with Gasteiger partial charge >= 0.3 is 5.97 Å². The van der Waals surface area contributed by atoms with Crippen LogP contribution in [0.25, 0.3) is 22.8 Å². The topological polar surface area (TPSA) is 83.5 Å². The Morgan fingerprint density at radius 3 is 2.45 bits per heavy atom. The molecule has 0 radical (unpaired) electrons. The number of carboxylic acid groups (broad SMARTS) is 1. The summed E-state index contributed by atoms with van der Waals surface area (Å²) in [5, 5.41) is 9.26. The molecule has 0 heterocycles. The number of benzene rings is 2. The van der Waals surface area contributed by atoms with E-state index in [1.807, 2.05) is 6.07 Å². The minimum absolute atomic E-state index is 0.0154. The zero-order chi connectivity index (χ0) is 21.4. The number of carbonyl (C=O) groups is 1. The maximum absolute atomic E-state index is 11.3. The molecule has 0 fully saturated rings. The summed E-state index contributed by atoms with van der Waals surface area (Å²) in [5.41, 5.74) is 2.52. The zero-order valence-electron chi connectivity index (χ0n) is 16.7. The summed E-state index contributed by atoms with van der Waals surface area (Å²) < 4.78 is 26.9. The molecule has 0 amide bonds. The van der Waals surface area contributed by atoms with E-state index in [4.69, 9.17) is 23.7 Å². The fourth-order valence-electron chi connectivity index (χ4n) is 2.78. The third kappa shape index (κ3) is 4.96. The Hall–Kier alpha value is -3.29. The number of hydrogen-bond donors (Lipinski definition) is 1. The molecule has 154 valence electrons. The predicted molar refractivity (Wildman–Crippen MR) is 110 cm³/mol.